The van der Waals surface area contributed by atoms with Gasteiger partial charge in [0.1, 0.15) is 47.0 Å². The van der Waals surface area contributed by atoms with Crippen LogP contribution in [0.3, 0.4) is 0 Å². The van der Waals surface area contributed by atoms with Crippen LogP contribution in [-0.4, -0.2) is 6.61 Å². The van der Waals surface area contributed by atoms with Crippen LogP contribution in [0.4, 0.5) is 35.1 Å². The first-order valence-corrected chi connectivity index (χ1v) is 10.5. The smallest absolute Gasteiger partial charge is 0.422 e. The standard InChI is InChI=1S/C27H16F8O/c1-2-3-8-36-17-12-21(29)24(22(30)13-17)15-5-6-18(20(28)10-15)14-4-7-19-16(9-14)11-23(31)25(26(19)32)27(33,34)35/h2-7,9-13H,8H2,1H3. The van der Waals surface area contributed by atoms with Gasteiger partial charge in [0.2, 0.25) is 0 Å². The van der Waals surface area contributed by atoms with E-state index in [9.17, 15) is 35.1 Å². The highest BCUT2D eigenvalue weighted by Crippen LogP contribution is 2.38. The summed E-state index contributed by atoms with van der Waals surface area (Å²) in [6, 6.07) is 9.06. The Morgan fingerprint density at radius 1 is 0.750 bits per heavy atom. The second-order valence-electron chi connectivity index (χ2n) is 7.82. The van der Waals surface area contributed by atoms with Crippen LogP contribution in [0.15, 0.2) is 66.7 Å². The fourth-order valence-corrected chi connectivity index (χ4v) is 3.81. The van der Waals surface area contributed by atoms with Crippen molar-refractivity contribution in [1.29, 1.82) is 0 Å². The van der Waals surface area contributed by atoms with Crippen LogP contribution in [0.25, 0.3) is 33.0 Å². The largest absolute Gasteiger partial charge is 0.489 e. The third-order valence-corrected chi connectivity index (χ3v) is 5.48. The topological polar surface area (TPSA) is 9.23 Å². The average Bonchev–Trinajstić information content (AvgIpc) is 2.77. The number of hydrogen-bond donors (Lipinski definition) is 0. The molecule has 4 aromatic rings. The van der Waals surface area contributed by atoms with Crippen molar-refractivity contribution in [1.82, 2.24) is 0 Å². The molecule has 0 saturated carbocycles. The zero-order valence-electron chi connectivity index (χ0n) is 18.5. The minimum absolute atomic E-state index is 0.0479. The minimum Gasteiger partial charge on any atom is -0.489 e. The van der Waals surface area contributed by atoms with Crippen LogP contribution in [0, 0.1) is 29.1 Å². The van der Waals surface area contributed by atoms with E-state index in [0.29, 0.717) is 6.07 Å². The maximum Gasteiger partial charge on any atom is 0.422 e. The molecule has 9 heteroatoms. The molecule has 0 amide bonds. The quantitative estimate of drug-likeness (QED) is 0.193. The van der Waals surface area contributed by atoms with E-state index in [1.165, 1.54) is 18.2 Å². The first-order chi connectivity index (χ1) is 17.0. The molecule has 0 fully saturated rings. The first kappa shape index (κ1) is 25.2. The molecular formula is C27H16F8O. The predicted molar refractivity (Wildman–Crippen MR) is 120 cm³/mol. The lowest BCUT2D eigenvalue weighted by Gasteiger charge is -2.13. The van der Waals surface area contributed by atoms with E-state index in [0.717, 1.165) is 30.3 Å². The molecule has 36 heavy (non-hydrogen) atoms. The number of alkyl halides is 3. The highest BCUT2D eigenvalue weighted by atomic mass is 19.4. The fraction of sp³-hybridized carbons (Fsp3) is 0.111. The molecule has 0 aliphatic carbocycles. The van der Waals surface area contributed by atoms with Gasteiger partial charge in [-0.25, -0.2) is 22.0 Å². The molecule has 0 radical (unpaired) electrons. The summed E-state index contributed by atoms with van der Waals surface area (Å²) < 4.78 is 117. The Morgan fingerprint density at radius 2 is 1.42 bits per heavy atom. The molecule has 0 N–H and O–H groups in total. The van der Waals surface area contributed by atoms with Gasteiger partial charge in [-0.15, -0.1) is 0 Å². The second kappa shape index (κ2) is 9.64. The van der Waals surface area contributed by atoms with Crippen molar-refractivity contribution >= 4 is 10.8 Å². The molecule has 0 aliphatic heterocycles. The maximum absolute atomic E-state index is 15.0. The Balaban J connectivity index is 1.72. The molecule has 0 heterocycles. The maximum atomic E-state index is 15.0. The van der Waals surface area contributed by atoms with Gasteiger partial charge in [0, 0.05) is 23.1 Å². The van der Waals surface area contributed by atoms with Crippen LogP contribution in [-0.2, 0) is 6.18 Å². The Morgan fingerprint density at radius 3 is 2.03 bits per heavy atom. The lowest BCUT2D eigenvalue weighted by atomic mass is 9.96. The van der Waals surface area contributed by atoms with Gasteiger partial charge >= 0.3 is 6.18 Å². The highest BCUT2D eigenvalue weighted by molar-refractivity contribution is 5.89. The van der Waals surface area contributed by atoms with Crippen molar-refractivity contribution < 1.29 is 39.9 Å². The number of allylic oxidation sites excluding steroid dienone is 1. The van der Waals surface area contributed by atoms with Crippen molar-refractivity contribution in [3.8, 4) is 28.0 Å². The Bertz CT molecular complexity index is 1460. The van der Waals surface area contributed by atoms with Gasteiger partial charge in [-0.3, -0.25) is 0 Å². The van der Waals surface area contributed by atoms with E-state index < -0.39 is 51.8 Å². The molecule has 0 saturated heterocycles. The van der Waals surface area contributed by atoms with Crippen LogP contribution >= 0.6 is 0 Å². The number of rotatable bonds is 5. The number of fused-ring (bicyclic) bond motifs is 1. The van der Waals surface area contributed by atoms with E-state index in [1.807, 2.05) is 0 Å². The van der Waals surface area contributed by atoms with Gasteiger partial charge in [-0.2, -0.15) is 13.2 Å². The predicted octanol–water partition coefficient (Wildman–Crippen LogP) is 8.84. The third kappa shape index (κ3) is 4.78. The molecule has 0 aromatic heterocycles. The van der Waals surface area contributed by atoms with Crippen molar-refractivity contribution in [3.05, 3.63) is 101 Å². The molecular weight excluding hydrogens is 492 g/mol. The zero-order valence-corrected chi connectivity index (χ0v) is 18.5. The molecule has 1 nitrogen and oxygen atoms in total. The third-order valence-electron chi connectivity index (χ3n) is 5.48. The van der Waals surface area contributed by atoms with Gasteiger partial charge in [0.25, 0.3) is 0 Å². The Hall–Kier alpha value is -3.88. The van der Waals surface area contributed by atoms with E-state index in [-0.39, 0.29) is 34.4 Å². The van der Waals surface area contributed by atoms with Gasteiger partial charge in [-0.05, 0) is 41.6 Å². The van der Waals surface area contributed by atoms with Gasteiger partial charge in [0.15, 0.2) is 0 Å². The van der Waals surface area contributed by atoms with Crippen LogP contribution in [0.5, 0.6) is 5.75 Å². The van der Waals surface area contributed by atoms with Gasteiger partial charge in [-0.1, -0.05) is 36.4 Å². The van der Waals surface area contributed by atoms with Crippen molar-refractivity contribution in [2.24, 2.45) is 0 Å². The van der Waals surface area contributed by atoms with Gasteiger partial charge < -0.3 is 4.74 Å². The summed E-state index contributed by atoms with van der Waals surface area (Å²) in [6.07, 6.45) is -1.89. The Kier molecular flexibility index (Phi) is 6.75. The van der Waals surface area contributed by atoms with Gasteiger partial charge in [0.05, 0.1) is 5.56 Å². The lowest BCUT2D eigenvalue weighted by molar-refractivity contribution is -0.142. The van der Waals surface area contributed by atoms with Crippen LogP contribution in [0.1, 0.15) is 12.5 Å². The summed E-state index contributed by atoms with van der Waals surface area (Å²) in [6.45, 7) is 1.86. The van der Waals surface area contributed by atoms with E-state index >= 15 is 0 Å². The molecule has 4 rings (SSSR count). The summed E-state index contributed by atoms with van der Waals surface area (Å²) >= 11 is 0. The van der Waals surface area contributed by atoms with Crippen LogP contribution in [0.2, 0.25) is 0 Å². The SMILES string of the molecule is CC=CCOc1cc(F)c(-c2ccc(-c3ccc4c(F)c(C(F)(F)F)c(F)cc4c3)c(F)c2)c(F)c1. The van der Waals surface area contributed by atoms with E-state index in [4.69, 9.17) is 4.74 Å². The lowest BCUT2D eigenvalue weighted by Crippen LogP contribution is -2.11. The molecule has 186 valence electrons. The summed E-state index contributed by atoms with van der Waals surface area (Å²) in [5.74, 6) is -6.49. The number of hydrogen-bond acceptors (Lipinski definition) is 1. The van der Waals surface area contributed by atoms with E-state index in [1.54, 1.807) is 19.1 Å². The number of halogens is 8. The zero-order chi connectivity index (χ0) is 26.2. The van der Waals surface area contributed by atoms with E-state index in [2.05, 4.69) is 0 Å². The van der Waals surface area contributed by atoms with Crippen LogP contribution < -0.4 is 4.74 Å². The first-order valence-electron chi connectivity index (χ1n) is 10.5. The Labute approximate surface area is 200 Å². The minimum atomic E-state index is -5.23. The molecule has 4 aromatic carbocycles. The second-order valence-corrected chi connectivity index (χ2v) is 7.82. The normalized spacial score (nSPS) is 12.0. The monoisotopic (exact) mass is 508 g/mol. The molecule has 0 atom stereocenters. The molecule has 0 unspecified atom stereocenters. The average molecular weight is 508 g/mol. The molecule has 0 spiro atoms. The summed E-state index contributed by atoms with van der Waals surface area (Å²) in [4.78, 5) is 0. The number of ether oxygens (including phenoxy) is 1. The number of benzene rings is 4. The fourth-order valence-electron chi connectivity index (χ4n) is 3.81. The summed E-state index contributed by atoms with van der Waals surface area (Å²) in [5, 5.41) is -0.713. The van der Waals surface area contributed by atoms with Crippen molar-refractivity contribution in [2.75, 3.05) is 6.61 Å². The molecule has 0 bridgehead atoms. The molecule has 0 aliphatic rings. The summed E-state index contributed by atoms with van der Waals surface area (Å²) in [5.41, 5.74) is -2.60. The highest BCUT2D eigenvalue weighted by Gasteiger charge is 2.38. The van der Waals surface area contributed by atoms with Crippen molar-refractivity contribution in [3.63, 3.8) is 0 Å². The van der Waals surface area contributed by atoms with Crippen molar-refractivity contribution in [2.45, 2.75) is 13.1 Å². The summed E-state index contributed by atoms with van der Waals surface area (Å²) in [7, 11) is 0.